The minimum absolute atomic E-state index is 0.0325. The third-order valence-electron chi connectivity index (χ3n) is 4.03. The molecular weight excluding hydrogens is 300 g/mol. The molecule has 1 aromatic rings. The Kier molecular flexibility index (Phi) is 6.77. The molecule has 0 aliphatic carbocycles. The smallest absolute Gasteiger partial charge is 0.255 e. The molecule has 0 amide bonds. The summed E-state index contributed by atoms with van der Waals surface area (Å²) in [7, 11) is 1.58. The summed E-state index contributed by atoms with van der Waals surface area (Å²) in [6, 6.07) is 8.37. The summed E-state index contributed by atoms with van der Waals surface area (Å²) < 4.78 is 30.5. The molecule has 0 radical (unpaired) electrons. The van der Waals surface area contributed by atoms with Crippen molar-refractivity contribution in [3.63, 3.8) is 0 Å². The lowest BCUT2D eigenvalue weighted by molar-refractivity contribution is -0.0265. The van der Waals surface area contributed by atoms with E-state index in [1.54, 1.807) is 7.05 Å². The van der Waals surface area contributed by atoms with Gasteiger partial charge in [-0.1, -0.05) is 29.8 Å². The first kappa shape index (κ1) is 17.7. The van der Waals surface area contributed by atoms with Crippen LogP contribution in [0.3, 0.4) is 0 Å². The van der Waals surface area contributed by atoms with E-state index < -0.39 is 13.0 Å². The second-order valence-electron chi connectivity index (χ2n) is 5.83. The van der Waals surface area contributed by atoms with E-state index in [0.717, 1.165) is 25.0 Å². The normalized spacial score (nSPS) is 22.2. The Labute approximate surface area is 136 Å². The quantitative estimate of drug-likeness (QED) is 0.646. The van der Waals surface area contributed by atoms with Gasteiger partial charge in [0.25, 0.3) is 6.43 Å². The number of alkyl halides is 2. The highest BCUT2D eigenvalue weighted by Crippen LogP contribution is 2.33. The lowest BCUT2D eigenvalue weighted by Crippen LogP contribution is -2.43. The number of hydrogen-bond acceptors (Lipinski definition) is 2. The highest BCUT2D eigenvalue weighted by molar-refractivity contribution is 5.79. The number of benzene rings is 1. The first-order valence-electron chi connectivity index (χ1n) is 8.01. The second kappa shape index (κ2) is 8.82. The third-order valence-corrected chi connectivity index (χ3v) is 4.03. The minimum atomic E-state index is -2.40. The van der Waals surface area contributed by atoms with Crippen LogP contribution in [0.5, 0.6) is 0 Å². The van der Waals surface area contributed by atoms with Crippen LogP contribution in [-0.4, -0.2) is 39.1 Å². The molecule has 1 aliphatic heterocycles. The van der Waals surface area contributed by atoms with Crippen molar-refractivity contribution in [1.29, 1.82) is 0 Å². The maximum absolute atomic E-state index is 12.3. The van der Waals surface area contributed by atoms with Gasteiger partial charge < -0.3 is 15.4 Å². The van der Waals surface area contributed by atoms with E-state index in [1.165, 1.54) is 5.56 Å². The minimum Gasteiger partial charge on any atom is -0.373 e. The van der Waals surface area contributed by atoms with E-state index in [0.29, 0.717) is 12.5 Å². The molecule has 1 heterocycles. The van der Waals surface area contributed by atoms with Crippen LogP contribution in [0.25, 0.3) is 0 Å². The van der Waals surface area contributed by atoms with Crippen LogP contribution in [-0.2, 0) is 4.74 Å². The molecule has 4 nitrogen and oxygen atoms in total. The Morgan fingerprint density at radius 2 is 2.04 bits per heavy atom. The Hall–Kier alpha value is -1.69. The summed E-state index contributed by atoms with van der Waals surface area (Å²) >= 11 is 0. The summed E-state index contributed by atoms with van der Waals surface area (Å²) in [5.41, 5.74) is 2.38. The van der Waals surface area contributed by atoms with Crippen LogP contribution in [0.15, 0.2) is 29.3 Å². The summed E-state index contributed by atoms with van der Waals surface area (Å²) in [6.07, 6.45) is -0.313. The zero-order valence-corrected chi connectivity index (χ0v) is 13.7. The lowest BCUT2D eigenvalue weighted by atomic mass is 9.89. The third kappa shape index (κ3) is 5.46. The lowest BCUT2D eigenvalue weighted by Gasteiger charge is -2.32. The van der Waals surface area contributed by atoms with Gasteiger partial charge in [0.2, 0.25) is 0 Å². The first-order valence-corrected chi connectivity index (χ1v) is 8.01. The number of aryl methyl sites for hydroxylation is 1. The van der Waals surface area contributed by atoms with Crippen molar-refractivity contribution >= 4 is 5.96 Å². The van der Waals surface area contributed by atoms with Crippen molar-refractivity contribution in [2.75, 3.05) is 26.7 Å². The van der Waals surface area contributed by atoms with Crippen molar-refractivity contribution in [2.45, 2.75) is 32.3 Å². The largest absolute Gasteiger partial charge is 0.373 e. The molecular formula is C17H25F2N3O. The highest BCUT2D eigenvalue weighted by Gasteiger charge is 2.27. The van der Waals surface area contributed by atoms with Gasteiger partial charge in [0.05, 0.1) is 12.6 Å². The first-order chi connectivity index (χ1) is 11.1. The molecule has 2 N–H and O–H groups in total. The molecule has 0 aromatic heterocycles. The maximum Gasteiger partial charge on any atom is 0.255 e. The van der Waals surface area contributed by atoms with Gasteiger partial charge in [0.15, 0.2) is 5.96 Å². The number of guanidine groups is 1. The standard InChI is InChI=1S/C17H25F2N3O/c1-12-5-7-13(8-6-12)16-14(4-3-9-23-16)10-21-17(20-2)22-11-15(18)19/h5-8,14-16H,3-4,9-11H2,1-2H3,(H2,20,21,22). The second-order valence-corrected chi connectivity index (χ2v) is 5.83. The summed E-state index contributed by atoms with van der Waals surface area (Å²) in [6.45, 7) is 3.06. The van der Waals surface area contributed by atoms with Gasteiger partial charge in [-0.05, 0) is 25.3 Å². The van der Waals surface area contributed by atoms with Gasteiger partial charge >= 0.3 is 0 Å². The topological polar surface area (TPSA) is 45.7 Å². The molecule has 23 heavy (non-hydrogen) atoms. The number of nitrogens with zero attached hydrogens (tertiary/aromatic N) is 1. The fraction of sp³-hybridized carbons (Fsp3) is 0.588. The van der Waals surface area contributed by atoms with Crippen LogP contribution in [0, 0.1) is 12.8 Å². The summed E-state index contributed by atoms with van der Waals surface area (Å²) in [5.74, 6) is 0.690. The molecule has 2 atom stereocenters. The Morgan fingerprint density at radius 1 is 1.30 bits per heavy atom. The summed E-state index contributed by atoms with van der Waals surface area (Å²) in [4.78, 5) is 3.97. The van der Waals surface area contributed by atoms with Gasteiger partial charge in [0, 0.05) is 26.1 Å². The number of hydrogen-bond donors (Lipinski definition) is 2. The highest BCUT2D eigenvalue weighted by atomic mass is 19.3. The Bertz CT molecular complexity index is 505. The van der Waals surface area contributed by atoms with E-state index in [1.807, 2.05) is 0 Å². The number of rotatable bonds is 5. The molecule has 2 rings (SSSR count). The average Bonchev–Trinajstić information content (AvgIpc) is 2.56. The van der Waals surface area contributed by atoms with Crippen LogP contribution >= 0.6 is 0 Å². The van der Waals surface area contributed by atoms with Crippen LogP contribution < -0.4 is 10.6 Å². The molecule has 0 bridgehead atoms. The fourth-order valence-corrected chi connectivity index (χ4v) is 2.80. The Morgan fingerprint density at radius 3 is 2.70 bits per heavy atom. The molecule has 1 aliphatic rings. The van der Waals surface area contributed by atoms with E-state index in [4.69, 9.17) is 4.74 Å². The molecule has 128 valence electrons. The maximum atomic E-state index is 12.3. The SMILES string of the molecule is CN=C(NCC(F)F)NCC1CCCOC1c1ccc(C)cc1. The Balaban J connectivity index is 1.94. The predicted octanol–water partition coefficient (Wildman–Crippen LogP) is 2.89. The molecule has 1 saturated heterocycles. The molecule has 2 unspecified atom stereocenters. The van der Waals surface area contributed by atoms with Gasteiger partial charge in [-0.25, -0.2) is 8.78 Å². The molecule has 1 fully saturated rings. The van der Waals surface area contributed by atoms with E-state index in [2.05, 4.69) is 46.8 Å². The van der Waals surface area contributed by atoms with Crippen LogP contribution in [0.2, 0.25) is 0 Å². The number of nitrogens with one attached hydrogen (secondary N) is 2. The fourth-order valence-electron chi connectivity index (χ4n) is 2.80. The van der Waals surface area contributed by atoms with Gasteiger partial charge in [0.1, 0.15) is 0 Å². The molecule has 1 aromatic carbocycles. The zero-order valence-electron chi connectivity index (χ0n) is 13.7. The molecule has 0 spiro atoms. The van der Waals surface area contributed by atoms with Gasteiger partial charge in [-0.15, -0.1) is 0 Å². The summed E-state index contributed by atoms with van der Waals surface area (Å²) in [5, 5.41) is 5.75. The van der Waals surface area contributed by atoms with Crippen molar-refractivity contribution in [3.05, 3.63) is 35.4 Å². The predicted molar refractivity (Wildman–Crippen MR) is 88.0 cm³/mol. The van der Waals surface area contributed by atoms with Crippen molar-refractivity contribution in [3.8, 4) is 0 Å². The van der Waals surface area contributed by atoms with Gasteiger partial charge in [-0.3, -0.25) is 4.99 Å². The average molecular weight is 325 g/mol. The van der Waals surface area contributed by atoms with Gasteiger partial charge in [-0.2, -0.15) is 0 Å². The van der Waals surface area contributed by atoms with E-state index >= 15 is 0 Å². The van der Waals surface area contributed by atoms with Crippen molar-refractivity contribution in [1.82, 2.24) is 10.6 Å². The molecule has 0 saturated carbocycles. The van der Waals surface area contributed by atoms with E-state index in [-0.39, 0.29) is 12.0 Å². The monoisotopic (exact) mass is 325 g/mol. The van der Waals surface area contributed by atoms with Crippen LogP contribution in [0.4, 0.5) is 8.78 Å². The number of aliphatic imine (C=N–C) groups is 1. The number of ether oxygens (including phenoxy) is 1. The molecule has 6 heteroatoms. The van der Waals surface area contributed by atoms with Crippen molar-refractivity contribution in [2.24, 2.45) is 10.9 Å². The number of halogens is 2. The van der Waals surface area contributed by atoms with Crippen LogP contribution in [0.1, 0.15) is 30.1 Å². The van der Waals surface area contributed by atoms with Crippen molar-refractivity contribution < 1.29 is 13.5 Å². The zero-order chi connectivity index (χ0) is 16.7. The van der Waals surface area contributed by atoms with E-state index in [9.17, 15) is 8.78 Å².